The lowest BCUT2D eigenvalue weighted by atomic mass is 9.90. The van der Waals surface area contributed by atoms with Crippen LogP contribution in [0.2, 0.25) is 0 Å². The van der Waals surface area contributed by atoms with Crippen molar-refractivity contribution < 1.29 is 19.4 Å². The van der Waals surface area contributed by atoms with Crippen LogP contribution in [0.4, 0.5) is 5.69 Å². The summed E-state index contributed by atoms with van der Waals surface area (Å²) in [6.45, 7) is 3.91. The summed E-state index contributed by atoms with van der Waals surface area (Å²) in [6, 6.07) is 7.54. The number of anilines is 1. The average molecular weight is 332 g/mol. The van der Waals surface area contributed by atoms with Crippen LogP contribution in [-0.4, -0.2) is 27.5 Å². The molecule has 0 spiro atoms. The van der Waals surface area contributed by atoms with E-state index in [0.717, 1.165) is 27.7 Å². The van der Waals surface area contributed by atoms with Gasteiger partial charge in [0, 0.05) is 12.3 Å². The first kappa shape index (κ1) is 15.5. The second kappa shape index (κ2) is 6.00. The van der Waals surface area contributed by atoms with E-state index in [0.29, 0.717) is 5.69 Å². The molecule has 1 aromatic carbocycles. The fraction of sp³-hybridized carbons (Fsp3) is 0.312. The number of benzene rings is 1. The van der Waals surface area contributed by atoms with Crippen LogP contribution < -0.4 is 10.1 Å². The highest BCUT2D eigenvalue weighted by Crippen LogP contribution is 2.41. The van der Waals surface area contributed by atoms with E-state index < -0.39 is 5.97 Å². The number of hydrogen-bond donors (Lipinski definition) is 2. The Hall–Kier alpha value is -2.41. The summed E-state index contributed by atoms with van der Waals surface area (Å²) < 4.78 is 9.58. The third kappa shape index (κ3) is 3.05. The largest absolute Gasteiger partial charge is 0.491 e. The number of aromatic nitrogens is 1. The fourth-order valence-electron chi connectivity index (χ4n) is 2.60. The van der Waals surface area contributed by atoms with Gasteiger partial charge in [0.2, 0.25) is 5.91 Å². The molecule has 0 radical (unpaired) electrons. The molecule has 3 rings (SSSR count). The van der Waals surface area contributed by atoms with Gasteiger partial charge in [-0.2, -0.15) is 4.37 Å². The molecule has 1 amide bonds. The number of carbonyl (C=O) groups is 2. The number of hydrogen-bond acceptors (Lipinski definition) is 5. The number of nitrogens with one attached hydrogen (secondary N) is 1. The van der Waals surface area contributed by atoms with Gasteiger partial charge >= 0.3 is 5.97 Å². The second-order valence-electron chi connectivity index (χ2n) is 5.62. The van der Waals surface area contributed by atoms with Gasteiger partial charge in [-0.3, -0.25) is 4.79 Å². The molecule has 0 saturated carbocycles. The predicted octanol–water partition coefficient (Wildman–Crippen LogP) is 3.10. The first-order chi connectivity index (χ1) is 11.0. The number of carboxylic acid groups (broad SMARTS) is 1. The quantitative estimate of drug-likeness (QED) is 0.898. The van der Waals surface area contributed by atoms with Crippen LogP contribution in [-0.2, 0) is 4.79 Å². The lowest BCUT2D eigenvalue weighted by molar-refractivity contribution is -0.116. The molecule has 0 aliphatic carbocycles. The maximum atomic E-state index is 11.9. The number of aromatic carboxylic acids is 1. The molecule has 1 aromatic heterocycles. The number of carbonyl (C=O) groups excluding carboxylic acids is 1. The van der Waals surface area contributed by atoms with Gasteiger partial charge in [0.1, 0.15) is 5.75 Å². The Labute approximate surface area is 137 Å². The minimum atomic E-state index is -1.14. The number of amides is 1. The van der Waals surface area contributed by atoms with E-state index in [4.69, 9.17) is 9.84 Å². The zero-order valence-corrected chi connectivity index (χ0v) is 13.5. The summed E-state index contributed by atoms with van der Waals surface area (Å²) in [5.74, 6) is -0.756. The Balaban J connectivity index is 1.95. The maximum absolute atomic E-state index is 11.9. The lowest BCUT2D eigenvalue weighted by Crippen LogP contribution is -2.23. The summed E-state index contributed by atoms with van der Waals surface area (Å²) in [6.07, 6.45) is 0.367. The SMILES string of the molecule is CC(C)Oc1ccc([C@@H]2CC(=O)Nc3c(C(=O)O)nsc32)cc1. The average Bonchev–Trinajstić information content (AvgIpc) is 2.90. The van der Waals surface area contributed by atoms with E-state index in [1.54, 1.807) is 0 Å². The standard InChI is InChI=1S/C16H16N2O4S/c1-8(2)22-10-5-3-9(4-6-10)11-7-12(19)17-13-14(16(20)21)18-23-15(11)13/h3-6,8,11H,7H2,1-2H3,(H,17,19)(H,20,21)/t11-/m0/s1. The predicted molar refractivity (Wildman–Crippen MR) is 86.4 cm³/mol. The highest BCUT2D eigenvalue weighted by molar-refractivity contribution is 7.06. The van der Waals surface area contributed by atoms with Crippen LogP contribution >= 0.6 is 11.5 Å². The van der Waals surface area contributed by atoms with Crippen molar-refractivity contribution in [1.82, 2.24) is 4.37 Å². The summed E-state index contributed by atoms with van der Waals surface area (Å²) in [5, 5.41) is 11.8. The fourth-order valence-corrected chi connectivity index (χ4v) is 3.54. The van der Waals surface area contributed by atoms with E-state index in [1.807, 2.05) is 38.1 Å². The lowest BCUT2D eigenvalue weighted by Gasteiger charge is -2.22. The molecule has 2 heterocycles. The first-order valence-electron chi connectivity index (χ1n) is 7.25. The molecule has 0 bridgehead atoms. The molecule has 0 saturated heterocycles. The minimum Gasteiger partial charge on any atom is -0.491 e. The van der Waals surface area contributed by atoms with Crippen LogP contribution in [0.25, 0.3) is 0 Å². The molecule has 2 N–H and O–H groups in total. The number of rotatable bonds is 4. The van der Waals surface area contributed by atoms with Gasteiger partial charge in [0.25, 0.3) is 0 Å². The van der Waals surface area contributed by atoms with Gasteiger partial charge in [-0.1, -0.05) is 12.1 Å². The molecule has 7 heteroatoms. The smallest absolute Gasteiger partial charge is 0.357 e. The molecule has 6 nitrogen and oxygen atoms in total. The van der Waals surface area contributed by atoms with E-state index in [2.05, 4.69) is 9.69 Å². The van der Waals surface area contributed by atoms with E-state index in [-0.39, 0.29) is 30.0 Å². The molecule has 1 aliphatic heterocycles. The Morgan fingerprint density at radius 3 is 2.70 bits per heavy atom. The van der Waals surface area contributed by atoms with Crippen molar-refractivity contribution in [3.63, 3.8) is 0 Å². The topological polar surface area (TPSA) is 88.5 Å². The monoisotopic (exact) mass is 332 g/mol. The molecular formula is C16H16N2O4S. The van der Waals surface area contributed by atoms with Crippen LogP contribution in [0.3, 0.4) is 0 Å². The van der Waals surface area contributed by atoms with Gasteiger partial charge < -0.3 is 15.2 Å². The van der Waals surface area contributed by atoms with Crippen molar-refractivity contribution in [3.8, 4) is 5.75 Å². The summed E-state index contributed by atoms with van der Waals surface area (Å²) in [7, 11) is 0. The Morgan fingerprint density at radius 2 is 2.09 bits per heavy atom. The third-order valence-electron chi connectivity index (χ3n) is 3.55. The zero-order chi connectivity index (χ0) is 16.6. The summed E-state index contributed by atoms with van der Waals surface area (Å²) in [5.41, 5.74) is 1.17. The van der Waals surface area contributed by atoms with Crippen molar-refractivity contribution in [2.75, 3.05) is 5.32 Å². The Kier molecular flexibility index (Phi) is 4.04. The number of ether oxygens (including phenoxy) is 1. The van der Waals surface area contributed by atoms with Gasteiger partial charge in [-0.15, -0.1) is 0 Å². The Bertz CT molecular complexity index is 752. The van der Waals surface area contributed by atoms with Gasteiger partial charge in [-0.05, 0) is 43.1 Å². The van der Waals surface area contributed by atoms with Crippen molar-refractivity contribution in [3.05, 3.63) is 40.4 Å². The summed E-state index contributed by atoms with van der Waals surface area (Å²) in [4.78, 5) is 23.9. The molecule has 120 valence electrons. The zero-order valence-electron chi connectivity index (χ0n) is 12.7. The molecular weight excluding hydrogens is 316 g/mol. The van der Waals surface area contributed by atoms with E-state index in [1.165, 1.54) is 0 Å². The van der Waals surface area contributed by atoms with Gasteiger partial charge in [-0.25, -0.2) is 4.79 Å². The van der Waals surface area contributed by atoms with Crippen molar-refractivity contribution in [1.29, 1.82) is 0 Å². The van der Waals surface area contributed by atoms with Crippen molar-refractivity contribution >= 4 is 29.1 Å². The normalized spacial score (nSPS) is 16.8. The number of nitrogens with zero attached hydrogens (tertiary/aromatic N) is 1. The first-order valence-corrected chi connectivity index (χ1v) is 8.02. The van der Waals surface area contributed by atoms with Gasteiger partial charge in [0.15, 0.2) is 5.69 Å². The summed E-state index contributed by atoms with van der Waals surface area (Å²) >= 11 is 1.12. The highest BCUT2D eigenvalue weighted by Gasteiger charge is 2.33. The van der Waals surface area contributed by atoms with Crippen molar-refractivity contribution in [2.24, 2.45) is 0 Å². The maximum Gasteiger partial charge on any atom is 0.357 e. The highest BCUT2D eigenvalue weighted by atomic mass is 32.1. The number of carboxylic acids is 1. The molecule has 0 unspecified atom stereocenters. The van der Waals surface area contributed by atoms with Crippen molar-refractivity contribution in [2.45, 2.75) is 32.3 Å². The molecule has 2 aromatic rings. The molecule has 1 aliphatic rings. The minimum absolute atomic E-state index is 0.0903. The van der Waals surface area contributed by atoms with E-state index >= 15 is 0 Å². The van der Waals surface area contributed by atoms with Crippen LogP contribution in [0.1, 0.15) is 47.1 Å². The molecule has 0 fully saturated rings. The molecule has 23 heavy (non-hydrogen) atoms. The second-order valence-corrected chi connectivity index (χ2v) is 6.42. The third-order valence-corrected chi connectivity index (χ3v) is 4.50. The molecule has 1 atom stereocenters. The van der Waals surface area contributed by atoms with E-state index in [9.17, 15) is 9.59 Å². The number of fused-ring (bicyclic) bond motifs is 1. The van der Waals surface area contributed by atoms with Crippen LogP contribution in [0.5, 0.6) is 5.75 Å². The van der Waals surface area contributed by atoms with Crippen LogP contribution in [0.15, 0.2) is 24.3 Å². The van der Waals surface area contributed by atoms with Gasteiger partial charge in [0.05, 0.1) is 16.7 Å². The van der Waals surface area contributed by atoms with Crippen LogP contribution in [0, 0.1) is 0 Å². The Morgan fingerprint density at radius 1 is 1.39 bits per heavy atom.